The summed E-state index contributed by atoms with van der Waals surface area (Å²) in [5, 5.41) is 20.4. The average Bonchev–Trinajstić information content (AvgIpc) is 3.49. The van der Waals surface area contributed by atoms with Crippen LogP contribution in [0.1, 0.15) is 19.3 Å². The Morgan fingerprint density at radius 3 is 1.28 bits per heavy atom. The fraction of sp³-hybridized carbons (Fsp3) is 0.0833. The zero-order valence-corrected chi connectivity index (χ0v) is 18.6. The number of carbonyl (C=O) groups is 2. The van der Waals surface area contributed by atoms with Crippen LogP contribution in [0.25, 0.3) is 0 Å². The molecule has 0 atom stereocenters. The van der Waals surface area contributed by atoms with Gasteiger partial charge in [-0.1, -0.05) is 36.4 Å². The molecule has 162 valence electrons. The van der Waals surface area contributed by atoms with Gasteiger partial charge in [0.05, 0.1) is 10.0 Å². The van der Waals surface area contributed by atoms with Crippen molar-refractivity contribution in [1.82, 2.24) is 0 Å². The second-order valence-corrected chi connectivity index (χ2v) is 8.98. The van der Waals surface area contributed by atoms with E-state index in [1.54, 1.807) is 12.1 Å². The van der Waals surface area contributed by atoms with Crippen LogP contribution >= 0.6 is 22.7 Å². The van der Waals surface area contributed by atoms with Crippen LogP contribution in [0.5, 0.6) is 0 Å². The highest BCUT2D eigenvalue weighted by Gasteiger charge is 2.19. The van der Waals surface area contributed by atoms with Crippen molar-refractivity contribution in [2.45, 2.75) is 0 Å². The van der Waals surface area contributed by atoms with Gasteiger partial charge in [0.1, 0.15) is 9.75 Å². The molecule has 0 radical (unpaired) electrons. The van der Waals surface area contributed by atoms with Gasteiger partial charge >= 0.3 is 11.9 Å². The zero-order valence-electron chi connectivity index (χ0n) is 16.9. The minimum atomic E-state index is -0.944. The molecule has 2 N–H and O–H groups in total. The van der Waals surface area contributed by atoms with Gasteiger partial charge in [-0.15, -0.1) is 22.7 Å². The van der Waals surface area contributed by atoms with Gasteiger partial charge in [-0.05, 0) is 48.5 Å². The Morgan fingerprint density at radius 2 is 0.969 bits per heavy atom. The van der Waals surface area contributed by atoms with Crippen LogP contribution in [0.4, 0.5) is 21.4 Å². The second kappa shape index (κ2) is 9.67. The molecule has 4 rings (SSSR count). The Bertz CT molecular complexity index is 1110. The van der Waals surface area contributed by atoms with Crippen LogP contribution in [-0.2, 0) is 0 Å². The van der Waals surface area contributed by atoms with E-state index in [9.17, 15) is 19.8 Å². The lowest BCUT2D eigenvalue weighted by Gasteiger charge is -2.29. The SMILES string of the molecule is O=C(O)c1ccc(N(CCN(c2ccccc2)c2ccc(C(=O)O)s2)c2ccccc2)s1. The number of carboxylic acids is 2. The van der Waals surface area contributed by atoms with Gasteiger partial charge in [0, 0.05) is 24.5 Å². The molecule has 32 heavy (non-hydrogen) atoms. The maximum absolute atomic E-state index is 11.4. The molecule has 6 nitrogen and oxygen atoms in total. The molecular weight excluding hydrogens is 444 g/mol. The predicted octanol–water partition coefficient (Wildman–Crippen LogP) is 6.18. The fourth-order valence-electron chi connectivity index (χ4n) is 3.32. The first-order chi connectivity index (χ1) is 15.5. The Balaban J connectivity index is 1.66. The Hall–Kier alpha value is -3.62. The van der Waals surface area contributed by atoms with E-state index in [0.717, 1.165) is 21.4 Å². The minimum absolute atomic E-state index is 0.283. The number of benzene rings is 2. The average molecular weight is 465 g/mol. The molecule has 0 saturated heterocycles. The van der Waals surface area contributed by atoms with Gasteiger partial charge in [0.25, 0.3) is 0 Å². The first-order valence-corrected chi connectivity index (χ1v) is 11.5. The molecule has 0 aliphatic heterocycles. The van der Waals surface area contributed by atoms with Crippen molar-refractivity contribution in [1.29, 1.82) is 0 Å². The molecule has 0 fully saturated rings. The summed E-state index contributed by atoms with van der Waals surface area (Å²) in [6.07, 6.45) is 0. The van der Waals surface area contributed by atoms with Crippen LogP contribution in [0, 0.1) is 0 Å². The summed E-state index contributed by atoms with van der Waals surface area (Å²) in [5.74, 6) is -1.89. The molecule has 2 aromatic carbocycles. The van der Waals surface area contributed by atoms with Crippen molar-refractivity contribution in [2.24, 2.45) is 0 Å². The third-order valence-corrected chi connectivity index (χ3v) is 7.01. The summed E-state index contributed by atoms with van der Waals surface area (Å²) >= 11 is 2.46. The van der Waals surface area contributed by atoms with Gasteiger partial charge in [0.2, 0.25) is 0 Å². The molecular formula is C24H20N2O4S2. The molecule has 2 aromatic heterocycles. The monoisotopic (exact) mass is 464 g/mol. The van der Waals surface area contributed by atoms with E-state index >= 15 is 0 Å². The molecule has 0 unspecified atom stereocenters. The lowest BCUT2D eigenvalue weighted by molar-refractivity contribution is 0.0691. The van der Waals surface area contributed by atoms with Gasteiger partial charge in [-0.2, -0.15) is 0 Å². The van der Waals surface area contributed by atoms with E-state index in [1.165, 1.54) is 22.7 Å². The molecule has 2 heterocycles. The Labute approximate surface area is 193 Å². The van der Waals surface area contributed by atoms with Crippen LogP contribution in [0.3, 0.4) is 0 Å². The number of anilines is 4. The highest BCUT2D eigenvalue weighted by Crippen LogP contribution is 2.35. The predicted molar refractivity (Wildman–Crippen MR) is 129 cm³/mol. The number of para-hydroxylation sites is 2. The number of hydrogen-bond donors (Lipinski definition) is 2. The van der Waals surface area contributed by atoms with Crippen LogP contribution in [0.15, 0.2) is 84.9 Å². The van der Waals surface area contributed by atoms with Crippen molar-refractivity contribution in [3.05, 3.63) is 94.7 Å². The smallest absolute Gasteiger partial charge is 0.345 e. The van der Waals surface area contributed by atoms with Gasteiger partial charge < -0.3 is 20.0 Å². The van der Waals surface area contributed by atoms with Crippen molar-refractivity contribution in [2.75, 3.05) is 22.9 Å². The minimum Gasteiger partial charge on any atom is -0.477 e. The molecule has 0 bridgehead atoms. The number of carboxylic acid groups (broad SMARTS) is 2. The van der Waals surface area contributed by atoms with E-state index < -0.39 is 11.9 Å². The lowest BCUT2D eigenvalue weighted by atomic mass is 10.2. The molecule has 0 spiro atoms. The van der Waals surface area contributed by atoms with E-state index in [-0.39, 0.29) is 9.75 Å². The largest absolute Gasteiger partial charge is 0.477 e. The van der Waals surface area contributed by atoms with Crippen molar-refractivity contribution < 1.29 is 19.8 Å². The molecule has 0 saturated carbocycles. The van der Waals surface area contributed by atoms with Gasteiger partial charge in [-0.3, -0.25) is 0 Å². The van der Waals surface area contributed by atoms with Crippen molar-refractivity contribution >= 4 is 56.0 Å². The maximum Gasteiger partial charge on any atom is 0.345 e. The lowest BCUT2D eigenvalue weighted by Crippen LogP contribution is -2.29. The molecule has 0 aliphatic rings. The standard InChI is InChI=1S/C24H20N2O4S2/c27-23(28)19-11-13-21(31-19)25(17-7-3-1-4-8-17)15-16-26(18-9-5-2-6-10-18)22-14-12-20(32-22)24(29)30/h1-14H,15-16H2,(H,27,28)(H,29,30). The normalized spacial score (nSPS) is 10.6. The third-order valence-electron chi connectivity index (χ3n) is 4.82. The summed E-state index contributed by atoms with van der Waals surface area (Å²) in [6, 6.07) is 26.5. The summed E-state index contributed by atoms with van der Waals surface area (Å²) in [6.45, 7) is 1.14. The quantitative estimate of drug-likeness (QED) is 0.308. The van der Waals surface area contributed by atoms with E-state index in [4.69, 9.17) is 0 Å². The van der Waals surface area contributed by atoms with Gasteiger partial charge in [-0.25, -0.2) is 9.59 Å². The second-order valence-electron chi connectivity index (χ2n) is 6.86. The maximum atomic E-state index is 11.4. The van der Waals surface area contributed by atoms with E-state index in [2.05, 4.69) is 9.80 Å². The first kappa shape index (κ1) is 21.6. The van der Waals surface area contributed by atoms with E-state index in [0.29, 0.717) is 13.1 Å². The number of thiophene rings is 2. The first-order valence-electron chi connectivity index (χ1n) is 9.84. The van der Waals surface area contributed by atoms with Crippen molar-refractivity contribution in [3.63, 3.8) is 0 Å². The molecule has 0 aliphatic carbocycles. The molecule has 8 heteroatoms. The van der Waals surface area contributed by atoms with Crippen LogP contribution in [-0.4, -0.2) is 35.2 Å². The summed E-state index contributed by atoms with van der Waals surface area (Å²) in [7, 11) is 0. The highest BCUT2D eigenvalue weighted by molar-refractivity contribution is 7.18. The van der Waals surface area contributed by atoms with Crippen LogP contribution < -0.4 is 9.80 Å². The topological polar surface area (TPSA) is 81.1 Å². The van der Waals surface area contributed by atoms with Crippen LogP contribution in [0.2, 0.25) is 0 Å². The Kier molecular flexibility index (Phi) is 6.53. The van der Waals surface area contributed by atoms with Crippen molar-refractivity contribution in [3.8, 4) is 0 Å². The number of hydrogen-bond acceptors (Lipinski definition) is 6. The molecule has 4 aromatic rings. The highest BCUT2D eigenvalue weighted by atomic mass is 32.1. The summed E-state index contributed by atoms with van der Waals surface area (Å²) in [5.41, 5.74) is 1.91. The van der Waals surface area contributed by atoms with Gasteiger partial charge in [0.15, 0.2) is 0 Å². The number of rotatable bonds is 9. The number of nitrogens with zero attached hydrogens (tertiary/aromatic N) is 2. The summed E-state index contributed by atoms with van der Waals surface area (Å²) < 4.78 is 0. The Morgan fingerprint density at radius 1 is 0.594 bits per heavy atom. The molecule has 0 amide bonds. The summed E-state index contributed by atoms with van der Waals surface area (Å²) in [4.78, 5) is 27.5. The third kappa shape index (κ3) is 4.82. The fourth-order valence-corrected chi connectivity index (χ4v) is 5.11. The van der Waals surface area contributed by atoms with E-state index in [1.807, 2.05) is 72.8 Å². The number of aromatic carboxylic acids is 2. The zero-order chi connectivity index (χ0) is 22.5.